The average molecular weight is 148 g/mol. The zero-order valence-electron chi connectivity index (χ0n) is 5.70. The maximum Gasteiger partial charge on any atom is 0.270 e. The molecule has 0 unspecified atom stereocenters. The largest absolute Gasteiger partial charge is 0.298 e. The monoisotopic (exact) mass is 148 g/mol. The first-order valence-corrected chi connectivity index (χ1v) is 3.06. The van der Waals surface area contributed by atoms with Crippen LogP contribution in [-0.2, 0) is 0 Å². The maximum atomic E-state index is 10.5. The van der Waals surface area contributed by atoms with Crippen molar-refractivity contribution in [3.63, 3.8) is 0 Å². The number of hydrogen-bond acceptors (Lipinski definition) is 2. The molecule has 1 amide bonds. The highest BCUT2D eigenvalue weighted by Gasteiger charge is 2.05. The van der Waals surface area contributed by atoms with Crippen LogP contribution in [0.2, 0.25) is 0 Å². The first-order valence-electron chi connectivity index (χ1n) is 3.06. The van der Waals surface area contributed by atoms with Crippen molar-refractivity contribution in [3.8, 4) is 0 Å². The second-order valence-electron chi connectivity index (χ2n) is 2.03. The Morgan fingerprint density at radius 3 is 2.45 bits per heavy atom. The van der Waals surface area contributed by atoms with Crippen molar-refractivity contribution in [3.05, 3.63) is 35.4 Å². The van der Waals surface area contributed by atoms with E-state index in [0.29, 0.717) is 6.29 Å². The standard InChI is InChI=1S/C8H6NO2/c9-8(11)7-4-2-1-3-6(7)5-10/h1-5,9H. The highest BCUT2D eigenvalue weighted by atomic mass is 16.1. The molecule has 55 valence electrons. The number of hydrogen-bond donors (Lipinski definition) is 0. The normalized spacial score (nSPS) is 9.09. The Morgan fingerprint density at radius 2 is 2.00 bits per heavy atom. The molecule has 0 atom stereocenters. The van der Waals surface area contributed by atoms with Crippen LogP contribution in [0.3, 0.4) is 0 Å². The van der Waals surface area contributed by atoms with Crippen LogP contribution in [-0.4, -0.2) is 12.2 Å². The lowest BCUT2D eigenvalue weighted by Crippen LogP contribution is -2.02. The Kier molecular flexibility index (Phi) is 2.01. The Bertz CT molecular complexity index is 294. The van der Waals surface area contributed by atoms with Crippen LogP contribution in [0.15, 0.2) is 24.3 Å². The van der Waals surface area contributed by atoms with Gasteiger partial charge in [0.15, 0.2) is 6.29 Å². The third-order valence-electron chi connectivity index (χ3n) is 1.33. The molecule has 0 aliphatic heterocycles. The van der Waals surface area contributed by atoms with E-state index in [9.17, 15) is 9.59 Å². The molecule has 0 heterocycles. The van der Waals surface area contributed by atoms with Crippen molar-refractivity contribution in [2.75, 3.05) is 0 Å². The predicted molar refractivity (Wildman–Crippen MR) is 39.3 cm³/mol. The Labute approximate surface area is 63.8 Å². The van der Waals surface area contributed by atoms with E-state index in [1.807, 2.05) is 0 Å². The van der Waals surface area contributed by atoms with Gasteiger partial charge in [-0.05, 0) is 6.07 Å². The summed E-state index contributed by atoms with van der Waals surface area (Å²) in [5.41, 5.74) is 7.19. The predicted octanol–water partition coefficient (Wildman–Crippen LogP) is 0.922. The first-order chi connectivity index (χ1) is 5.25. The highest BCUT2D eigenvalue weighted by Crippen LogP contribution is 2.04. The summed E-state index contributed by atoms with van der Waals surface area (Å²) in [5.74, 6) is -0.826. The average Bonchev–Trinajstić information content (AvgIpc) is 2.04. The fourth-order valence-electron chi connectivity index (χ4n) is 0.807. The van der Waals surface area contributed by atoms with Gasteiger partial charge in [0.25, 0.3) is 5.91 Å². The molecule has 1 aromatic carbocycles. The summed E-state index contributed by atoms with van der Waals surface area (Å²) in [5, 5.41) is 0. The van der Waals surface area contributed by atoms with E-state index in [1.54, 1.807) is 12.1 Å². The van der Waals surface area contributed by atoms with E-state index in [4.69, 9.17) is 5.73 Å². The molecule has 3 heteroatoms. The quantitative estimate of drug-likeness (QED) is 0.585. The van der Waals surface area contributed by atoms with Crippen LogP contribution in [0.4, 0.5) is 0 Å². The molecule has 3 nitrogen and oxygen atoms in total. The summed E-state index contributed by atoms with van der Waals surface area (Å²) in [7, 11) is 0. The molecule has 0 aliphatic carbocycles. The lowest BCUT2D eigenvalue weighted by Gasteiger charge is -1.95. The number of carbonyl (C=O) groups excluding carboxylic acids is 2. The number of benzene rings is 1. The molecule has 1 aromatic rings. The van der Waals surface area contributed by atoms with E-state index in [0.717, 1.165) is 0 Å². The summed E-state index contributed by atoms with van der Waals surface area (Å²) in [4.78, 5) is 20.8. The second-order valence-corrected chi connectivity index (χ2v) is 2.03. The van der Waals surface area contributed by atoms with Gasteiger partial charge in [-0.15, -0.1) is 0 Å². The topological polar surface area (TPSA) is 57.9 Å². The summed E-state index contributed by atoms with van der Waals surface area (Å²) >= 11 is 0. The molecule has 0 saturated carbocycles. The Balaban J connectivity index is 3.22. The van der Waals surface area contributed by atoms with Gasteiger partial charge in [-0.25, -0.2) is 0 Å². The number of amides is 1. The molecule has 0 spiro atoms. The lowest BCUT2D eigenvalue weighted by atomic mass is 10.1. The van der Waals surface area contributed by atoms with Crippen molar-refractivity contribution in [1.29, 1.82) is 0 Å². The summed E-state index contributed by atoms with van der Waals surface area (Å²) in [6.45, 7) is 0. The van der Waals surface area contributed by atoms with Crippen LogP contribution < -0.4 is 5.73 Å². The summed E-state index contributed by atoms with van der Waals surface area (Å²) < 4.78 is 0. The van der Waals surface area contributed by atoms with Gasteiger partial charge in [0.2, 0.25) is 0 Å². The van der Waals surface area contributed by atoms with E-state index < -0.39 is 5.91 Å². The van der Waals surface area contributed by atoms with Crippen LogP contribution in [0.1, 0.15) is 20.7 Å². The number of nitrogens with one attached hydrogen (secondary N) is 1. The highest BCUT2D eigenvalue weighted by molar-refractivity contribution is 5.99. The smallest absolute Gasteiger partial charge is 0.270 e. The first kappa shape index (κ1) is 7.47. The molecule has 0 aromatic heterocycles. The SMILES string of the molecule is [NH]C(=O)c1ccccc1C=O. The zero-order valence-corrected chi connectivity index (χ0v) is 5.70. The Hall–Kier alpha value is -1.64. The molecule has 11 heavy (non-hydrogen) atoms. The Morgan fingerprint density at radius 1 is 1.36 bits per heavy atom. The van der Waals surface area contributed by atoms with Crippen molar-refractivity contribution in [2.24, 2.45) is 0 Å². The van der Waals surface area contributed by atoms with Crippen molar-refractivity contribution in [2.45, 2.75) is 0 Å². The lowest BCUT2D eigenvalue weighted by molar-refractivity contribution is 0.0985. The van der Waals surface area contributed by atoms with E-state index in [-0.39, 0.29) is 11.1 Å². The van der Waals surface area contributed by atoms with Gasteiger partial charge in [0.1, 0.15) is 0 Å². The molecule has 1 radical (unpaired) electrons. The number of aldehydes is 1. The summed E-state index contributed by atoms with van der Waals surface area (Å²) in [6.07, 6.45) is 0.571. The minimum Gasteiger partial charge on any atom is -0.298 e. The number of rotatable bonds is 2. The van der Waals surface area contributed by atoms with Crippen LogP contribution in [0.5, 0.6) is 0 Å². The summed E-state index contributed by atoms with van der Waals surface area (Å²) in [6, 6.07) is 6.23. The van der Waals surface area contributed by atoms with Crippen LogP contribution in [0.25, 0.3) is 0 Å². The van der Waals surface area contributed by atoms with Gasteiger partial charge in [0.05, 0.1) is 5.56 Å². The van der Waals surface area contributed by atoms with Crippen molar-refractivity contribution < 1.29 is 9.59 Å². The van der Waals surface area contributed by atoms with Crippen molar-refractivity contribution in [1.82, 2.24) is 5.73 Å². The molecular formula is C8H6NO2. The molecule has 1 N–H and O–H groups in total. The molecule has 0 saturated heterocycles. The fraction of sp³-hybridized carbons (Fsp3) is 0. The molecular weight excluding hydrogens is 142 g/mol. The van der Waals surface area contributed by atoms with Crippen LogP contribution in [0, 0.1) is 0 Å². The van der Waals surface area contributed by atoms with Crippen LogP contribution >= 0.6 is 0 Å². The molecule has 0 fully saturated rings. The van der Waals surface area contributed by atoms with Gasteiger partial charge in [-0.2, -0.15) is 0 Å². The van der Waals surface area contributed by atoms with E-state index in [2.05, 4.69) is 0 Å². The molecule has 0 aliphatic rings. The van der Waals surface area contributed by atoms with Gasteiger partial charge >= 0.3 is 0 Å². The second kappa shape index (κ2) is 2.96. The number of carbonyl (C=O) groups is 2. The third-order valence-corrected chi connectivity index (χ3v) is 1.33. The maximum absolute atomic E-state index is 10.5. The van der Waals surface area contributed by atoms with E-state index in [1.165, 1.54) is 12.1 Å². The third kappa shape index (κ3) is 1.43. The van der Waals surface area contributed by atoms with Gasteiger partial charge in [0, 0.05) is 5.56 Å². The zero-order chi connectivity index (χ0) is 8.27. The van der Waals surface area contributed by atoms with Gasteiger partial charge < -0.3 is 0 Å². The van der Waals surface area contributed by atoms with E-state index >= 15 is 0 Å². The van der Waals surface area contributed by atoms with Gasteiger partial charge in [-0.3, -0.25) is 15.3 Å². The minimum atomic E-state index is -0.826. The minimum absolute atomic E-state index is 0.155. The fourth-order valence-corrected chi connectivity index (χ4v) is 0.807. The molecule has 1 rings (SSSR count). The molecule has 0 bridgehead atoms. The van der Waals surface area contributed by atoms with Gasteiger partial charge in [-0.1, -0.05) is 18.2 Å². The van der Waals surface area contributed by atoms with Crippen molar-refractivity contribution >= 4 is 12.2 Å².